The molecule has 0 radical (unpaired) electrons. The molecule has 3 aromatic rings. The number of ether oxygens (including phenoxy) is 2. The van der Waals surface area contributed by atoms with E-state index in [0.717, 1.165) is 22.0 Å². The van der Waals surface area contributed by atoms with Crippen LogP contribution in [-0.4, -0.2) is 62.5 Å². The Morgan fingerprint density at radius 3 is 2.53 bits per heavy atom. The lowest BCUT2D eigenvalue weighted by atomic mass is 10.1. The van der Waals surface area contributed by atoms with Gasteiger partial charge in [0.2, 0.25) is 10.0 Å². The van der Waals surface area contributed by atoms with Crippen LogP contribution in [0.4, 0.5) is 5.69 Å². The highest BCUT2D eigenvalue weighted by Crippen LogP contribution is 2.25. The summed E-state index contributed by atoms with van der Waals surface area (Å²) in [4.78, 5) is 28.0. The third kappa shape index (κ3) is 4.98. The molecule has 1 aliphatic heterocycles. The van der Waals surface area contributed by atoms with Gasteiger partial charge in [-0.3, -0.25) is 4.79 Å². The maximum Gasteiger partial charge on any atom is 0.355 e. The predicted octanol–water partition coefficient (Wildman–Crippen LogP) is 2.91. The smallest absolute Gasteiger partial charge is 0.355 e. The minimum atomic E-state index is -3.72. The van der Waals surface area contributed by atoms with Crippen molar-refractivity contribution in [1.29, 1.82) is 0 Å². The Hall–Kier alpha value is -3.21. The third-order valence-corrected chi connectivity index (χ3v) is 7.74. The van der Waals surface area contributed by atoms with E-state index in [2.05, 4.69) is 10.3 Å². The van der Waals surface area contributed by atoms with E-state index in [0.29, 0.717) is 24.5 Å². The summed E-state index contributed by atoms with van der Waals surface area (Å²) in [6.45, 7) is 6.36. The number of fused-ring (bicyclic) bond motifs is 1. The molecule has 0 atom stereocenters. The first kappa shape index (κ1) is 23.9. The number of rotatable bonds is 6. The summed E-state index contributed by atoms with van der Waals surface area (Å²) in [6.07, 6.45) is 0. The van der Waals surface area contributed by atoms with E-state index in [1.54, 1.807) is 25.1 Å². The molecule has 10 heteroatoms. The lowest BCUT2D eigenvalue weighted by molar-refractivity contribution is -0.119. The van der Waals surface area contributed by atoms with Gasteiger partial charge in [-0.05, 0) is 61.7 Å². The Kier molecular flexibility index (Phi) is 6.74. The van der Waals surface area contributed by atoms with Gasteiger partial charge in [-0.2, -0.15) is 4.31 Å². The van der Waals surface area contributed by atoms with Crippen LogP contribution in [0.25, 0.3) is 10.9 Å². The standard InChI is InChI=1S/C24H27N3O6S/c1-15-10-17(3)19-13-21(26-20(19)11-15)24(29)33-14-23(28)25-18-5-4-16(2)22(12-18)34(30,31)27-6-8-32-9-7-27/h4-5,10-13,26H,6-9,14H2,1-3H3,(H,25,28). The molecule has 34 heavy (non-hydrogen) atoms. The molecule has 0 bridgehead atoms. The number of nitrogens with one attached hydrogen (secondary N) is 2. The van der Waals surface area contributed by atoms with Crippen LogP contribution in [-0.2, 0) is 24.3 Å². The summed E-state index contributed by atoms with van der Waals surface area (Å²) >= 11 is 0. The molecule has 1 saturated heterocycles. The number of benzene rings is 2. The Bertz CT molecular complexity index is 1360. The van der Waals surface area contributed by atoms with Gasteiger partial charge < -0.3 is 19.8 Å². The molecule has 1 aromatic heterocycles. The SMILES string of the molecule is Cc1cc(C)c2cc(C(=O)OCC(=O)Nc3ccc(C)c(S(=O)(=O)N4CCOCC4)c3)[nH]c2c1. The van der Waals surface area contributed by atoms with E-state index >= 15 is 0 Å². The summed E-state index contributed by atoms with van der Waals surface area (Å²) in [5, 5.41) is 3.51. The van der Waals surface area contributed by atoms with Gasteiger partial charge in [0.05, 0.1) is 18.1 Å². The van der Waals surface area contributed by atoms with Crippen molar-refractivity contribution < 1.29 is 27.5 Å². The molecule has 0 aliphatic carbocycles. The molecule has 2 aromatic carbocycles. The monoisotopic (exact) mass is 485 g/mol. The highest BCUT2D eigenvalue weighted by molar-refractivity contribution is 7.89. The molecule has 2 heterocycles. The number of hydrogen-bond donors (Lipinski definition) is 2. The third-order valence-electron chi connectivity index (χ3n) is 5.70. The lowest BCUT2D eigenvalue weighted by Gasteiger charge is -2.26. The molecular formula is C24H27N3O6S. The minimum Gasteiger partial charge on any atom is -0.451 e. The van der Waals surface area contributed by atoms with Crippen LogP contribution < -0.4 is 5.32 Å². The van der Waals surface area contributed by atoms with Gasteiger partial charge in [-0.15, -0.1) is 0 Å². The normalized spacial score (nSPS) is 14.8. The average molecular weight is 486 g/mol. The number of aromatic amines is 1. The van der Waals surface area contributed by atoms with Crippen LogP contribution in [0.1, 0.15) is 27.2 Å². The molecule has 0 saturated carbocycles. The van der Waals surface area contributed by atoms with Gasteiger partial charge in [0.1, 0.15) is 5.69 Å². The number of aryl methyl sites for hydroxylation is 3. The van der Waals surface area contributed by atoms with Crippen molar-refractivity contribution in [2.45, 2.75) is 25.7 Å². The summed E-state index contributed by atoms with van der Waals surface area (Å²) < 4.78 is 37.8. The van der Waals surface area contributed by atoms with Crippen LogP contribution in [0.3, 0.4) is 0 Å². The quantitative estimate of drug-likeness (QED) is 0.519. The number of sulfonamides is 1. The van der Waals surface area contributed by atoms with Crippen LogP contribution >= 0.6 is 0 Å². The van der Waals surface area contributed by atoms with E-state index in [4.69, 9.17) is 9.47 Å². The molecule has 2 N–H and O–H groups in total. The zero-order valence-corrected chi connectivity index (χ0v) is 20.1. The fourth-order valence-electron chi connectivity index (χ4n) is 4.00. The van der Waals surface area contributed by atoms with Gasteiger partial charge in [0.25, 0.3) is 5.91 Å². The number of aromatic nitrogens is 1. The van der Waals surface area contributed by atoms with E-state index < -0.39 is 28.5 Å². The summed E-state index contributed by atoms with van der Waals surface area (Å²) in [5.41, 5.74) is 4.05. The lowest BCUT2D eigenvalue weighted by Crippen LogP contribution is -2.40. The molecule has 1 amide bonds. The zero-order chi connectivity index (χ0) is 24.5. The molecule has 180 valence electrons. The van der Waals surface area contributed by atoms with Gasteiger partial charge >= 0.3 is 5.97 Å². The van der Waals surface area contributed by atoms with Gasteiger partial charge in [-0.25, -0.2) is 13.2 Å². The highest BCUT2D eigenvalue weighted by Gasteiger charge is 2.28. The second kappa shape index (κ2) is 9.57. The van der Waals surface area contributed by atoms with Crippen LogP contribution in [0.15, 0.2) is 41.3 Å². The summed E-state index contributed by atoms with van der Waals surface area (Å²) in [7, 11) is -3.72. The van der Waals surface area contributed by atoms with E-state index in [9.17, 15) is 18.0 Å². The number of nitrogens with zero attached hydrogens (tertiary/aromatic N) is 1. The molecule has 1 fully saturated rings. The van der Waals surface area contributed by atoms with Gasteiger partial charge in [0, 0.05) is 29.7 Å². The Morgan fingerprint density at radius 1 is 1.06 bits per heavy atom. The molecule has 9 nitrogen and oxygen atoms in total. The Labute approximate surface area is 198 Å². The highest BCUT2D eigenvalue weighted by atomic mass is 32.2. The number of amides is 1. The molecule has 4 rings (SSSR count). The Morgan fingerprint density at radius 2 is 1.79 bits per heavy atom. The van der Waals surface area contributed by atoms with Crippen molar-refractivity contribution in [3.8, 4) is 0 Å². The van der Waals surface area contributed by atoms with Crippen molar-refractivity contribution >= 4 is 38.5 Å². The molecular weight excluding hydrogens is 458 g/mol. The number of carbonyl (C=O) groups is 2. The molecule has 0 unspecified atom stereocenters. The topological polar surface area (TPSA) is 118 Å². The van der Waals surface area contributed by atoms with E-state index in [1.165, 1.54) is 10.4 Å². The van der Waals surface area contributed by atoms with Crippen LogP contribution in [0.2, 0.25) is 0 Å². The van der Waals surface area contributed by atoms with Gasteiger partial charge in [0.15, 0.2) is 6.61 Å². The predicted molar refractivity (Wildman–Crippen MR) is 127 cm³/mol. The van der Waals surface area contributed by atoms with Crippen molar-refractivity contribution in [2.24, 2.45) is 0 Å². The second-order valence-corrected chi connectivity index (χ2v) is 10.3. The summed E-state index contributed by atoms with van der Waals surface area (Å²) in [6, 6.07) is 10.3. The number of H-pyrrole nitrogens is 1. The first-order valence-electron chi connectivity index (χ1n) is 10.9. The Balaban J connectivity index is 1.42. The second-order valence-electron chi connectivity index (χ2n) is 8.35. The fourth-order valence-corrected chi connectivity index (χ4v) is 5.66. The number of hydrogen-bond acceptors (Lipinski definition) is 6. The van der Waals surface area contributed by atoms with Crippen molar-refractivity contribution in [3.05, 3.63) is 58.8 Å². The van der Waals surface area contributed by atoms with Gasteiger partial charge in [-0.1, -0.05) is 12.1 Å². The average Bonchev–Trinajstić information content (AvgIpc) is 3.24. The molecule has 0 spiro atoms. The first-order chi connectivity index (χ1) is 16.1. The maximum atomic E-state index is 13.0. The largest absolute Gasteiger partial charge is 0.451 e. The number of morpholine rings is 1. The van der Waals surface area contributed by atoms with Crippen LogP contribution in [0.5, 0.6) is 0 Å². The van der Waals surface area contributed by atoms with Crippen LogP contribution in [0, 0.1) is 20.8 Å². The fraction of sp³-hybridized carbons (Fsp3) is 0.333. The van der Waals surface area contributed by atoms with E-state index in [-0.39, 0.29) is 23.7 Å². The van der Waals surface area contributed by atoms with Crippen molar-refractivity contribution in [1.82, 2.24) is 9.29 Å². The maximum absolute atomic E-state index is 13.0. The summed E-state index contributed by atoms with van der Waals surface area (Å²) in [5.74, 6) is -1.22. The number of carbonyl (C=O) groups excluding carboxylic acids is 2. The number of esters is 1. The van der Waals surface area contributed by atoms with Crippen molar-refractivity contribution in [3.63, 3.8) is 0 Å². The van der Waals surface area contributed by atoms with Crippen molar-refractivity contribution in [2.75, 3.05) is 38.2 Å². The van der Waals surface area contributed by atoms with E-state index in [1.807, 2.05) is 26.0 Å². The first-order valence-corrected chi connectivity index (χ1v) is 12.3. The minimum absolute atomic E-state index is 0.118. The number of anilines is 1. The molecule has 1 aliphatic rings. The zero-order valence-electron chi connectivity index (χ0n) is 19.3.